The Balaban J connectivity index is 1.89. The van der Waals surface area contributed by atoms with E-state index in [-0.39, 0.29) is 12.4 Å². The third kappa shape index (κ3) is 3.04. The highest BCUT2D eigenvalue weighted by molar-refractivity contribution is 6.32. The lowest BCUT2D eigenvalue weighted by Gasteiger charge is -2.12. The number of rotatable bonds is 4. The van der Waals surface area contributed by atoms with Crippen molar-refractivity contribution < 1.29 is 9.84 Å². The van der Waals surface area contributed by atoms with Crippen molar-refractivity contribution in [3.8, 4) is 17.2 Å². The zero-order valence-corrected chi connectivity index (χ0v) is 12.9. The van der Waals surface area contributed by atoms with Gasteiger partial charge in [-0.3, -0.25) is 0 Å². The number of nitrogens with one attached hydrogen (secondary N) is 1. The summed E-state index contributed by atoms with van der Waals surface area (Å²) in [5.74, 6) is 0.557. The molecule has 0 radical (unpaired) electrons. The molecule has 1 heterocycles. The van der Waals surface area contributed by atoms with Gasteiger partial charge in [0.05, 0.1) is 10.7 Å². The van der Waals surface area contributed by atoms with Crippen LogP contribution in [0, 0.1) is 6.92 Å². The lowest BCUT2D eigenvalue weighted by Crippen LogP contribution is -2.18. The predicted octanol–water partition coefficient (Wildman–Crippen LogP) is 2.20. The van der Waals surface area contributed by atoms with Gasteiger partial charge in [0.15, 0.2) is 0 Å². The van der Waals surface area contributed by atoms with Crippen LogP contribution in [0.2, 0.25) is 5.02 Å². The van der Waals surface area contributed by atoms with Crippen LogP contribution in [0.5, 0.6) is 11.5 Å². The standard InChI is InChI=1S/C15H13ClN4O3/c1-9-6-14(11(16)7-13(9)21)23-8-10-4-2-3-5-12(10)20-15(22)17-18-19-20/h2-7,21H,8H2,1H3,(H,17,19,22). The Morgan fingerprint density at radius 2 is 2.13 bits per heavy atom. The Bertz CT molecular complexity index is 904. The second kappa shape index (κ2) is 6.13. The number of H-pyrrole nitrogens is 1. The molecule has 0 aliphatic rings. The number of hydrogen-bond acceptors (Lipinski definition) is 5. The van der Waals surface area contributed by atoms with Crippen LogP contribution >= 0.6 is 11.6 Å². The van der Waals surface area contributed by atoms with E-state index in [0.29, 0.717) is 22.0 Å². The summed E-state index contributed by atoms with van der Waals surface area (Å²) >= 11 is 6.06. The number of hydrogen-bond donors (Lipinski definition) is 2. The molecule has 0 bridgehead atoms. The molecule has 0 saturated heterocycles. The molecule has 0 atom stereocenters. The van der Waals surface area contributed by atoms with Crippen molar-refractivity contribution in [2.24, 2.45) is 0 Å². The van der Waals surface area contributed by atoms with Crippen molar-refractivity contribution in [3.63, 3.8) is 0 Å². The van der Waals surface area contributed by atoms with Gasteiger partial charge in [0.1, 0.15) is 18.1 Å². The molecule has 0 aliphatic heterocycles. The molecular weight excluding hydrogens is 320 g/mol. The first kappa shape index (κ1) is 15.1. The predicted molar refractivity (Wildman–Crippen MR) is 84.2 cm³/mol. The molecule has 3 aromatic rings. The van der Waals surface area contributed by atoms with Gasteiger partial charge in [-0.2, -0.15) is 4.68 Å². The Morgan fingerprint density at radius 3 is 2.87 bits per heavy atom. The van der Waals surface area contributed by atoms with Gasteiger partial charge in [-0.05, 0) is 35.0 Å². The highest BCUT2D eigenvalue weighted by Gasteiger charge is 2.11. The fourth-order valence-corrected chi connectivity index (χ4v) is 2.32. The van der Waals surface area contributed by atoms with Crippen LogP contribution in [0.1, 0.15) is 11.1 Å². The van der Waals surface area contributed by atoms with Gasteiger partial charge < -0.3 is 9.84 Å². The number of phenols is 1. The largest absolute Gasteiger partial charge is 0.508 e. The van der Waals surface area contributed by atoms with Crippen molar-refractivity contribution in [1.29, 1.82) is 0 Å². The summed E-state index contributed by atoms with van der Waals surface area (Å²) in [5.41, 5.74) is 1.53. The minimum absolute atomic E-state index is 0.108. The fourth-order valence-electron chi connectivity index (χ4n) is 2.11. The maximum absolute atomic E-state index is 11.7. The topological polar surface area (TPSA) is 93.0 Å². The number of aryl methyl sites for hydroxylation is 1. The van der Waals surface area contributed by atoms with Crippen molar-refractivity contribution in [3.05, 3.63) is 63.0 Å². The summed E-state index contributed by atoms with van der Waals surface area (Å²) in [6, 6.07) is 10.3. The van der Waals surface area contributed by atoms with E-state index in [9.17, 15) is 9.90 Å². The molecule has 0 unspecified atom stereocenters. The summed E-state index contributed by atoms with van der Waals surface area (Å²) in [7, 11) is 0. The first-order valence-electron chi connectivity index (χ1n) is 6.77. The zero-order chi connectivity index (χ0) is 16.4. The number of nitrogens with zero attached hydrogens (tertiary/aromatic N) is 3. The summed E-state index contributed by atoms with van der Waals surface area (Å²) in [6.45, 7) is 1.93. The fraction of sp³-hybridized carbons (Fsp3) is 0.133. The minimum atomic E-state index is -0.434. The van der Waals surface area contributed by atoms with Crippen LogP contribution in [-0.2, 0) is 6.61 Å². The van der Waals surface area contributed by atoms with E-state index < -0.39 is 5.69 Å². The first-order chi connectivity index (χ1) is 11.1. The molecule has 3 rings (SSSR count). The van der Waals surface area contributed by atoms with Crippen molar-refractivity contribution in [1.82, 2.24) is 20.2 Å². The van der Waals surface area contributed by atoms with E-state index in [1.54, 1.807) is 25.1 Å². The number of aromatic amines is 1. The van der Waals surface area contributed by atoms with Gasteiger partial charge in [0.2, 0.25) is 0 Å². The molecule has 1 aromatic heterocycles. The van der Waals surface area contributed by atoms with Crippen LogP contribution in [0.25, 0.3) is 5.69 Å². The Labute approximate surface area is 136 Å². The molecule has 7 nitrogen and oxygen atoms in total. The normalized spacial score (nSPS) is 10.7. The van der Waals surface area contributed by atoms with Crippen molar-refractivity contribution in [2.45, 2.75) is 13.5 Å². The number of ether oxygens (including phenoxy) is 1. The average molecular weight is 333 g/mol. The number of tetrazole rings is 1. The quantitative estimate of drug-likeness (QED) is 0.764. The number of aromatic nitrogens is 4. The molecule has 0 saturated carbocycles. The summed E-state index contributed by atoms with van der Waals surface area (Å²) in [6.07, 6.45) is 0. The van der Waals surface area contributed by atoms with Gasteiger partial charge in [0, 0.05) is 11.6 Å². The van der Waals surface area contributed by atoms with Gasteiger partial charge in [-0.15, -0.1) is 0 Å². The highest BCUT2D eigenvalue weighted by atomic mass is 35.5. The van der Waals surface area contributed by atoms with Gasteiger partial charge in [0.25, 0.3) is 0 Å². The van der Waals surface area contributed by atoms with Gasteiger partial charge in [-0.25, -0.2) is 9.89 Å². The Kier molecular flexibility index (Phi) is 4.03. The maximum atomic E-state index is 11.7. The van der Waals surface area contributed by atoms with E-state index in [1.807, 2.05) is 12.1 Å². The molecule has 2 N–H and O–H groups in total. The third-order valence-corrected chi connectivity index (χ3v) is 3.62. The third-order valence-electron chi connectivity index (χ3n) is 3.33. The molecular formula is C15H13ClN4O3. The molecule has 0 amide bonds. The number of benzene rings is 2. The van der Waals surface area contributed by atoms with Gasteiger partial charge in [-0.1, -0.05) is 29.8 Å². The summed E-state index contributed by atoms with van der Waals surface area (Å²) in [5, 5.41) is 19.4. The molecule has 0 spiro atoms. The van der Waals surface area contributed by atoms with E-state index in [1.165, 1.54) is 6.07 Å². The lowest BCUT2D eigenvalue weighted by atomic mass is 10.2. The zero-order valence-electron chi connectivity index (χ0n) is 12.2. The van der Waals surface area contributed by atoms with Crippen LogP contribution < -0.4 is 10.4 Å². The van der Waals surface area contributed by atoms with E-state index in [2.05, 4.69) is 15.5 Å². The SMILES string of the molecule is Cc1cc(OCc2ccccc2-n2nn[nH]c2=O)c(Cl)cc1O. The van der Waals surface area contributed by atoms with E-state index in [0.717, 1.165) is 10.2 Å². The average Bonchev–Trinajstić information content (AvgIpc) is 2.96. The number of halogens is 1. The van der Waals surface area contributed by atoms with Crippen LogP contribution in [-0.4, -0.2) is 25.3 Å². The van der Waals surface area contributed by atoms with Crippen LogP contribution in [0.3, 0.4) is 0 Å². The summed E-state index contributed by atoms with van der Waals surface area (Å²) in [4.78, 5) is 11.7. The van der Waals surface area contributed by atoms with E-state index >= 15 is 0 Å². The second-order valence-corrected chi connectivity index (χ2v) is 5.31. The molecule has 0 aliphatic carbocycles. The number of phenolic OH excluding ortho intramolecular Hbond substituents is 1. The second-order valence-electron chi connectivity index (χ2n) is 4.90. The van der Waals surface area contributed by atoms with Crippen molar-refractivity contribution in [2.75, 3.05) is 0 Å². The Morgan fingerprint density at radius 1 is 1.35 bits per heavy atom. The van der Waals surface area contributed by atoms with Crippen molar-refractivity contribution >= 4 is 11.6 Å². The molecule has 8 heteroatoms. The molecule has 118 valence electrons. The maximum Gasteiger partial charge on any atom is 0.365 e. The lowest BCUT2D eigenvalue weighted by molar-refractivity contribution is 0.305. The monoisotopic (exact) mass is 332 g/mol. The highest BCUT2D eigenvalue weighted by Crippen LogP contribution is 2.32. The Hall–Kier alpha value is -2.80. The van der Waals surface area contributed by atoms with E-state index in [4.69, 9.17) is 16.3 Å². The van der Waals surface area contributed by atoms with Crippen LogP contribution in [0.4, 0.5) is 0 Å². The number of aromatic hydroxyl groups is 1. The minimum Gasteiger partial charge on any atom is -0.508 e. The molecule has 23 heavy (non-hydrogen) atoms. The molecule has 2 aromatic carbocycles. The van der Waals surface area contributed by atoms with Gasteiger partial charge >= 0.3 is 5.69 Å². The molecule has 0 fully saturated rings. The van der Waals surface area contributed by atoms with Crippen LogP contribution in [0.15, 0.2) is 41.2 Å². The summed E-state index contributed by atoms with van der Waals surface area (Å²) < 4.78 is 6.88. The number of para-hydroxylation sites is 1. The smallest absolute Gasteiger partial charge is 0.365 e. The first-order valence-corrected chi connectivity index (χ1v) is 7.14.